The SMILES string of the molecule is O=S(=O)(NCc1ccc2c(c1)CNC2)c1cnn(CC(F)(F)F)c1. The van der Waals surface area contributed by atoms with Crippen molar-refractivity contribution in [2.75, 3.05) is 0 Å². The van der Waals surface area contributed by atoms with E-state index in [1.165, 1.54) is 5.56 Å². The fraction of sp³-hybridized carbons (Fsp3) is 0.357. The van der Waals surface area contributed by atoms with Gasteiger partial charge in [-0.05, 0) is 16.7 Å². The second kappa shape index (κ2) is 6.19. The first-order valence-electron chi connectivity index (χ1n) is 7.13. The summed E-state index contributed by atoms with van der Waals surface area (Å²) in [5.41, 5.74) is 3.07. The number of benzene rings is 1. The standard InChI is InChI=1S/C14H15F3N4O2S/c15-14(16,17)9-21-8-13(7-19-21)24(22,23)20-4-10-1-2-11-5-18-6-12(11)3-10/h1-3,7-8,18,20H,4-6,9H2. The summed E-state index contributed by atoms with van der Waals surface area (Å²) in [4.78, 5) is -0.297. The average Bonchev–Trinajstić information content (AvgIpc) is 3.12. The summed E-state index contributed by atoms with van der Waals surface area (Å²) < 4.78 is 64.1. The van der Waals surface area contributed by atoms with Gasteiger partial charge in [-0.2, -0.15) is 18.3 Å². The molecule has 3 rings (SSSR count). The van der Waals surface area contributed by atoms with Crippen molar-refractivity contribution in [3.05, 3.63) is 47.3 Å². The molecular weight excluding hydrogens is 345 g/mol. The van der Waals surface area contributed by atoms with E-state index in [1.807, 2.05) is 18.2 Å². The molecule has 0 fully saturated rings. The molecule has 0 unspecified atom stereocenters. The van der Waals surface area contributed by atoms with Gasteiger partial charge in [0.25, 0.3) is 0 Å². The van der Waals surface area contributed by atoms with Gasteiger partial charge < -0.3 is 5.32 Å². The van der Waals surface area contributed by atoms with Gasteiger partial charge in [-0.25, -0.2) is 13.1 Å². The van der Waals surface area contributed by atoms with Gasteiger partial charge in [0.05, 0.1) is 6.20 Å². The second-order valence-electron chi connectivity index (χ2n) is 5.52. The molecule has 0 bridgehead atoms. The van der Waals surface area contributed by atoms with E-state index in [-0.39, 0.29) is 11.4 Å². The maximum atomic E-state index is 12.3. The Kier molecular flexibility index (Phi) is 4.37. The zero-order valence-electron chi connectivity index (χ0n) is 12.5. The quantitative estimate of drug-likeness (QED) is 0.848. The van der Waals surface area contributed by atoms with Crippen LogP contribution in [0.5, 0.6) is 0 Å². The van der Waals surface area contributed by atoms with Crippen LogP contribution < -0.4 is 10.0 Å². The molecule has 24 heavy (non-hydrogen) atoms. The van der Waals surface area contributed by atoms with Gasteiger partial charge in [-0.3, -0.25) is 4.68 Å². The lowest BCUT2D eigenvalue weighted by Crippen LogP contribution is -2.23. The number of sulfonamides is 1. The van der Waals surface area contributed by atoms with Gasteiger partial charge >= 0.3 is 6.18 Å². The first kappa shape index (κ1) is 16.9. The summed E-state index contributed by atoms with van der Waals surface area (Å²) in [6.07, 6.45) is -2.69. The number of nitrogens with one attached hydrogen (secondary N) is 2. The highest BCUT2D eigenvalue weighted by atomic mass is 32.2. The van der Waals surface area contributed by atoms with Crippen LogP contribution in [0.1, 0.15) is 16.7 Å². The number of rotatable bonds is 5. The van der Waals surface area contributed by atoms with Crippen LogP contribution in [0.4, 0.5) is 13.2 Å². The van der Waals surface area contributed by atoms with E-state index in [9.17, 15) is 21.6 Å². The fourth-order valence-electron chi connectivity index (χ4n) is 2.47. The second-order valence-corrected chi connectivity index (χ2v) is 7.29. The highest BCUT2D eigenvalue weighted by Crippen LogP contribution is 2.19. The molecular formula is C14H15F3N4O2S. The van der Waals surface area contributed by atoms with E-state index in [1.54, 1.807) is 0 Å². The van der Waals surface area contributed by atoms with Crippen LogP contribution in [0.25, 0.3) is 0 Å². The Labute approximate surface area is 136 Å². The van der Waals surface area contributed by atoms with Crippen molar-refractivity contribution in [1.82, 2.24) is 19.8 Å². The van der Waals surface area contributed by atoms with Gasteiger partial charge in [0, 0.05) is 25.8 Å². The van der Waals surface area contributed by atoms with Gasteiger partial charge in [-0.15, -0.1) is 0 Å². The molecule has 0 aliphatic carbocycles. The minimum Gasteiger partial charge on any atom is -0.309 e. The van der Waals surface area contributed by atoms with Crippen LogP contribution in [0.3, 0.4) is 0 Å². The van der Waals surface area contributed by atoms with E-state index in [0.717, 1.165) is 36.6 Å². The normalized spacial score (nSPS) is 14.8. The Morgan fingerprint density at radius 3 is 2.75 bits per heavy atom. The number of alkyl halides is 3. The van der Waals surface area contributed by atoms with Crippen molar-refractivity contribution in [2.24, 2.45) is 0 Å². The van der Waals surface area contributed by atoms with Crippen LogP contribution in [-0.2, 0) is 36.2 Å². The molecule has 0 radical (unpaired) electrons. The van der Waals surface area contributed by atoms with Crippen LogP contribution in [0, 0.1) is 0 Å². The van der Waals surface area contributed by atoms with Crippen LogP contribution in [0.15, 0.2) is 35.5 Å². The highest BCUT2D eigenvalue weighted by molar-refractivity contribution is 7.89. The Morgan fingerprint density at radius 2 is 2.00 bits per heavy atom. The minimum absolute atomic E-state index is 0.0556. The van der Waals surface area contributed by atoms with Gasteiger partial charge in [0.2, 0.25) is 10.0 Å². The topological polar surface area (TPSA) is 76.0 Å². The molecule has 2 heterocycles. The molecule has 0 atom stereocenters. The Morgan fingerprint density at radius 1 is 1.25 bits per heavy atom. The largest absolute Gasteiger partial charge is 0.408 e. The van der Waals surface area contributed by atoms with E-state index < -0.39 is 22.7 Å². The number of halogens is 3. The molecule has 2 N–H and O–H groups in total. The predicted octanol–water partition coefficient (Wildman–Crippen LogP) is 1.53. The van der Waals surface area contributed by atoms with Crippen molar-refractivity contribution in [2.45, 2.75) is 37.3 Å². The molecule has 0 saturated heterocycles. The Balaban J connectivity index is 1.68. The molecule has 1 aliphatic rings. The van der Waals surface area contributed by atoms with Gasteiger partial charge in [-0.1, -0.05) is 18.2 Å². The lowest BCUT2D eigenvalue weighted by atomic mass is 10.1. The third-order valence-electron chi connectivity index (χ3n) is 3.63. The number of fused-ring (bicyclic) bond motifs is 1. The Bertz CT molecular complexity index is 846. The summed E-state index contributed by atoms with van der Waals surface area (Å²) in [6.45, 7) is 0.250. The summed E-state index contributed by atoms with van der Waals surface area (Å²) >= 11 is 0. The number of nitrogens with zero attached hydrogens (tertiary/aromatic N) is 2. The summed E-state index contributed by atoms with van der Waals surface area (Å²) in [6, 6.07) is 5.66. The lowest BCUT2D eigenvalue weighted by Gasteiger charge is -2.07. The summed E-state index contributed by atoms with van der Waals surface area (Å²) in [7, 11) is -3.92. The minimum atomic E-state index is -4.46. The van der Waals surface area contributed by atoms with Crippen molar-refractivity contribution >= 4 is 10.0 Å². The highest BCUT2D eigenvalue weighted by Gasteiger charge is 2.29. The zero-order valence-corrected chi connectivity index (χ0v) is 13.3. The third kappa shape index (κ3) is 3.94. The molecule has 1 aromatic carbocycles. The van der Waals surface area contributed by atoms with Gasteiger partial charge in [0.15, 0.2) is 0 Å². The molecule has 6 nitrogen and oxygen atoms in total. The molecule has 1 aliphatic heterocycles. The van der Waals surface area contributed by atoms with Crippen molar-refractivity contribution in [1.29, 1.82) is 0 Å². The molecule has 0 saturated carbocycles. The number of hydrogen-bond donors (Lipinski definition) is 2. The molecule has 10 heteroatoms. The lowest BCUT2D eigenvalue weighted by molar-refractivity contribution is -0.142. The summed E-state index contributed by atoms with van der Waals surface area (Å²) in [5, 5.41) is 6.63. The van der Waals surface area contributed by atoms with E-state index >= 15 is 0 Å². The molecule has 130 valence electrons. The fourth-order valence-corrected chi connectivity index (χ4v) is 3.44. The predicted molar refractivity (Wildman–Crippen MR) is 79.3 cm³/mol. The smallest absolute Gasteiger partial charge is 0.309 e. The molecule has 0 spiro atoms. The Hall–Kier alpha value is -1.91. The molecule has 2 aromatic rings. The maximum absolute atomic E-state index is 12.3. The first-order chi connectivity index (χ1) is 11.2. The van der Waals surface area contributed by atoms with Crippen molar-refractivity contribution < 1.29 is 21.6 Å². The van der Waals surface area contributed by atoms with E-state index in [0.29, 0.717) is 4.68 Å². The monoisotopic (exact) mass is 360 g/mol. The van der Waals surface area contributed by atoms with Crippen molar-refractivity contribution in [3.8, 4) is 0 Å². The van der Waals surface area contributed by atoms with Crippen LogP contribution in [-0.4, -0.2) is 24.4 Å². The third-order valence-corrected chi connectivity index (χ3v) is 4.98. The van der Waals surface area contributed by atoms with E-state index in [4.69, 9.17) is 0 Å². The van der Waals surface area contributed by atoms with Gasteiger partial charge in [0.1, 0.15) is 11.4 Å². The average molecular weight is 360 g/mol. The van der Waals surface area contributed by atoms with Crippen molar-refractivity contribution in [3.63, 3.8) is 0 Å². The maximum Gasteiger partial charge on any atom is 0.408 e. The van der Waals surface area contributed by atoms with E-state index in [2.05, 4.69) is 15.1 Å². The molecule has 0 amide bonds. The van der Waals surface area contributed by atoms with Crippen LogP contribution >= 0.6 is 0 Å². The molecule has 1 aromatic heterocycles. The van der Waals surface area contributed by atoms with Crippen LogP contribution in [0.2, 0.25) is 0 Å². The number of hydrogen-bond acceptors (Lipinski definition) is 4. The first-order valence-corrected chi connectivity index (χ1v) is 8.61. The zero-order chi connectivity index (χ0) is 17.4. The number of aromatic nitrogens is 2. The summed E-state index contributed by atoms with van der Waals surface area (Å²) in [5.74, 6) is 0.